The van der Waals surface area contributed by atoms with E-state index in [4.69, 9.17) is 5.11 Å². The van der Waals surface area contributed by atoms with Crippen LogP contribution in [0.25, 0.3) is 0 Å². The Hall–Kier alpha value is -2.58. The van der Waals surface area contributed by atoms with Gasteiger partial charge in [-0.15, -0.1) is 0 Å². The highest BCUT2D eigenvalue weighted by molar-refractivity contribution is 5.97. The van der Waals surface area contributed by atoms with E-state index in [1.165, 1.54) is 0 Å². The van der Waals surface area contributed by atoms with Crippen molar-refractivity contribution in [3.05, 3.63) is 39.4 Å². The van der Waals surface area contributed by atoms with Gasteiger partial charge in [0.1, 0.15) is 11.9 Å². The zero-order chi connectivity index (χ0) is 16.2. The summed E-state index contributed by atoms with van der Waals surface area (Å²) in [4.78, 5) is 32.1. The molecule has 0 spiro atoms. The van der Waals surface area contributed by atoms with E-state index in [1.807, 2.05) is 5.32 Å². The van der Waals surface area contributed by atoms with E-state index in [0.717, 1.165) is 0 Å². The monoisotopic (exact) mass is 302 g/mol. The summed E-state index contributed by atoms with van der Waals surface area (Å²) >= 11 is 0. The van der Waals surface area contributed by atoms with Gasteiger partial charge in [0, 0.05) is 0 Å². The lowest BCUT2D eigenvalue weighted by Gasteiger charge is -2.13. The first-order valence-electron chi connectivity index (χ1n) is 5.95. The molecule has 0 aliphatic carbocycles. The van der Waals surface area contributed by atoms with Crippen LogP contribution >= 0.6 is 0 Å². The first-order chi connectivity index (χ1) is 9.77. The standard InChI is InChI=1S/C12H12F2N2O5/c1-2-3-8(12(18)19)15-11(17)7-4-6(13)5-9(10(7)14)16(20)21/h4-5,8H,2-3H2,1H3,(H,15,17)(H,18,19)/t8-/m0/s1. The molecule has 0 heterocycles. The predicted molar refractivity (Wildman–Crippen MR) is 66.8 cm³/mol. The molecule has 0 saturated heterocycles. The van der Waals surface area contributed by atoms with Gasteiger partial charge in [0.15, 0.2) is 0 Å². The number of amides is 1. The molecule has 0 fully saturated rings. The van der Waals surface area contributed by atoms with E-state index >= 15 is 0 Å². The number of nitrogens with zero attached hydrogens (tertiary/aromatic N) is 1. The van der Waals surface area contributed by atoms with Crippen molar-refractivity contribution in [2.75, 3.05) is 0 Å². The van der Waals surface area contributed by atoms with Crippen LogP contribution in [0, 0.1) is 21.7 Å². The van der Waals surface area contributed by atoms with Crippen molar-refractivity contribution in [2.45, 2.75) is 25.8 Å². The summed E-state index contributed by atoms with van der Waals surface area (Å²) in [5.41, 5.74) is -2.11. The summed E-state index contributed by atoms with van der Waals surface area (Å²) in [6, 6.07) is -0.473. The van der Waals surface area contributed by atoms with Crippen molar-refractivity contribution in [3.8, 4) is 0 Å². The van der Waals surface area contributed by atoms with E-state index in [0.29, 0.717) is 18.6 Å². The molecule has 9 heteroatoms. The van der Waals surface area contributed by atoms with Crippen LogP contribution in [0.2, 0.25) is 0 Å². The van der Waals surface area contributed by atoms with Crippen LogP contribution in [0.5, 0.6) is 0 Å². The molecule has 2 N–H and O–H groups in total. The second kappa shape index (κ2) is 6.73. The fourth-order valence-electron chi connectivity index (χ4n) is 1.65. The van der Waals surface area contributed by atoms with Crippen LogP contribution in [0.3, 0.4) is 0 Å². The largest absolute Gasteiger partial charge is 0.480 e. The fourth-order valence-corrected chi connectivity index (χ4v) is 1.65. The van der Waals surface area contributed by atoms with Gasteiger partial charge in [0.2, 0.25) is 5.82 Å². The summed E-state index contributed by atoms with van der Waals surface area (Å²) in [6.07, 6.45) is 0.517. The molecule has 1 rings (SSSR count). The van der Waals surface area contributed by atoms with Crippen LogP contribution in [-0.4, -0.2) is 27.9 Å². The highest BCUT2D eigenvalue weighted by Gasteiger charge is 2.27. The van der Waals surface area contributed by atoms with Gasteiger partial charge in [0.25, 0.3) is 5.91 Å². The van der Waals surface area contributed by atoms with Gasteiger partial charge < -0.3 is 10.4 Å². The van der Waals surface area contributed by atoms with Gasteiger partial charge in [-0.2, -0.15) is 4.39 Å². The van der Waals surface area contributed by atoms with E-state index in [-0.39, 0.29) is 6.42 Å². The first-order valence-corrected chi connectivity index (χ1v) is 5.95. The van der Waals surface area contributed by atoms with Crippen LogP contribution in [0.1, 0.15) is 30.1 Å². The summed E-state index contributed by atoms with van der Waals surface area (Å²) in [6.45, 7) is 1.68. The Kier molecular flexibility index (Phi) is 5.28. The second-order valence-electron chi connectivity index (χ2n) is 4.20. The number of carbonyl (C=O) groups is 2. The maximum atomic E-state index is 13.8. The summed E-state index contributed by atoms with van der Waals surface area (Å²) in [5.74, 6) is -5.25. The SMILES string of the molecule is CCC[C@H](NC(=O)c1cc(F)cc([N+](=O)[O-])c1F)C(=O)O. The van der Waals surface area contributed by atoms with Gasteiger partial charge in [-0.25, -0.2) is 9.18 Å². The van der Waals surface area contributed by atoms with Crippen molar-refractivity contribution in [2.24, 2.45) is 0 Å². The number of carbonyl (C=O) groups excluding carboxylic acids is 1. The molecule has 0 saturated carbocycles. The minimum atomic E-state index is -1.51. The molecule has 1 aromatic rings. The minimum absolute atomic E-state index is 0.0834. The molecule has 0 aliphatic rings. The fraction of sp³-hybridized carbons (Fsp3) is 0.333. The Balaban J connectivity index is 3.12. The zero-order valence-corrected chi connectivity index (χ0v) is 10.9. The molecule has 1 aromatic carbocycles. The lowest BCUT2D eigenvalue weighted by atomic mass is 10.1. The van der Waals surface area contributed by atoms with E-state index in [1.54, 1.807) is 6.92 Å². The first kappa shape index (κ1) is 16.5. The Labute approximate surface area is 117 Å². The van der Waals surface area contributed by atoms with Crippen molar-refractivity contribution in [1.29, 1.82) is 0 Å². The highest BCUT2D eigenvalue weighted by Crippen LogP contribution is 2.22. The average Bonchev–Trinajstić information content (AvgIpc) is 2.39. The van der Waals surface area contributed by atoms with E-state index < -0.39 is 45.7 Å². The molecule has 0 radical (unpaired) electrons. The zero-order valence-electron chi connectivity index (χ0n) is 10.9. The number of rotatable bonds is 6. The molecule has 0 aromatic heterocycles. The Bertz CT molecular complexity index is 591. The number of hydrogen-bond donors (Lipinski definition) is 2. The average molecular weight is 302 g/mol. The molecule has 0 bridgehead atoms. The van der Waals surface area contributed by atoms with Crippen molar-refractivity contribution >= 4 is 17.6 Å². The van der Waals surface area contributed by atoms with Crippen molar-refractivity contribution in [3.63, 3.8) is 0 Å². The van der Waals surface area contributed by atoms with Gasteiger partial charge in [-0.1, -0.05) is 13.3 Å². The molecule has 7 nitrogen and oxygen atoms in total. The van der Waals surface area contributed by atoms with Crippen molar-refractivity contribution < 1.29 is 28.4 Å². The van der Waals surface area contributed by atoms with Crippen LogP contribution in [-0.2, 0) is 4.79 Å². The number of nitrogens with one attached hydrogen (secondary N) is 1. The maximum Gasteiger partial charge on any atom is 0.326 e. The van der Waals surface area contributed by atoms with Gasteiger partial charge in [-0.05, 0) is 12.5 Å². The predicted octanol–water partition coefficient (Wildman–Crippen LogP) is 1.86. The Morgan fingerprint density at radius 3 is 2.52 bits per heavy atom. The molecule has 21 heavy (non-hydrogen) atoms. The number of nitro groups is 1. The number of aliphatic carboxylic acids is 1. The molecule has 1 amide bonds. The highest BCUT2D eigenvalue weighted by atomic mass is 19.1. The molecule has 1 atom stereocenters. The number of nitro benzene ring substituents is 1. The van der Waals surface area contributed by atoms with Gasteiger partial charge in [0.05, 0.1) is 16.6 Å². The quantitative estimate of drug-likeness (QED) is 0.615. The second-order valence-corrected chi connectivity index (χ2v) is 4.20. The number of carboxylic acid groups (broad SMARTS) is 1. The molecule has 114 valence electrons. The summed E-state index contributed by atoms with van der Waals surface area (Å²) in [7, 11) is 0. The van der Waals surface area contributed by atoms with Crippen LogP contribution in [0.4, 0.5) is 14.5 Å². The van der Waals surface area contributed by atoms with Crippen LogP contribution in [0.15, 0.2) is 12.1 Å². The Morgan fingerprint density at radius 1 is 1.43 bits per heavy atom. The third-order valence-electron chi connectivity index (χ3n) is 2.64. The normalized spacial score (nSPS) is 11.8. The number of halogens is 2. The Morgan fingerprint density at radius 2 is 2.05 bits per heavy atom. The molecular weight excluding hydrogens is 290 g/mol. The maximum absolute atomic E-state index is 13.8. The van der Waals surface area contributed by atoms with E-state index in [2.05, 4.69) is 0 Å². The molecule has 0 unspecified atom stereocenters. The third-order valence-corrected chi connectivity index (χ3v) is 2.64. The lowest BCUT2D eigenvalue weighted by molar-refractivity contribution is -0.387. The van der Waals surface area contributed by atoms with Crippen LogP contribution < -0.4 is 5.32 Å². The number of benzene rings is 1. The summed E-state index contributed by atoms with van der Waals surface area (Å²) in [5, 5.41) is 21.4. The van der Waals surface area contributed by atoms with Crippen molar-refractivity contribution in [1.82, 2.24) is 5.32 Å². The minimum Gasteiger partial charge on any atom is -0.480 e. The lowest BCUT2D eigenvalue weighted by Crippen LogP contribution is -2.41. The number of hydrogen-bond acceptors (Lipinski definition) is 4. The topological polar surface area (TPSA) is 110 Å². The third kappa shape index (κ3) is 3.94. The molecule has 0 aliphatic heterocycles. The summed E-state index contributed by atoms with van der Waals surface area (Å²) < 4.78 is 27.0. The van der Waals surface area contributed by atoms with E-state index in [9.17, 15) is 28.5 Å². The van der Waals surface area contributed by atoms with Gasteiger partial charge in [-0.3, -0.25) is 14.9 Å². The number of carboxylic acids is 1. The smallest absolute Gasteiger partial charge is 0.326 e. The van der Waals surface area contributed by atoms with Gasteiger partial charge >= 0.3 is 11.7 Å². The molecular formula is C12H12F2N2O5.